The van der Waals surface area contributed by atoms with E-state index in [0.29, 0.717) is 15.7 Å². The maximum absolute atomic E-state index is 12.4. The van der Waals surface area contributed by atoms with Crippen molar-refractivity contribution in [3.63, 3.8) is 0 Å². The highest BCUT2D eigenvalue weighted by Crippen LogP contribution is 2.30. The van der Waals surface area contributed by atoms with Gasteiger partial charge in [0.25, 0.3) is 5.91 Å². The van der Waals surface area contributed by atoms with Gasteiger partial charge in [-0.05, 0) is 30.0 Å². The number of carbonyl (C=O) groups excluding carboxylic acids is 1. The number of thiophene rings is 1. The predicted octanol–water partition coefficient (Wildman–Crippen LogP) is 2.50. The molecule has 0 saturated heterocycles. The van der Waals surface area contributed by atoms with Crippen molar-refractivity contribution in [2.24, 2.45) is 0 Å². The van der Waals surface area contributed by atoms with Gasteiger partial charge in [0.05, 0.1) is 0 Å². The van der Waals surface area contributed by atoms with E-state index in [0.717, 1.165) is 12.2 Å². The highest BCUT2D eigenvalue weighted by molar-refractivity contribution is 7.99. The molecule has 1 aromatic heterocycles. The van der Waals surface area contributed by atoms with E-state index in [2.05, 4.69) is 24.1 Å². The molecule has 1 amide bonds. The fourth-order valence-corrected chi connectivity index (χ4v) is 4.41. The molecule has 0 radical (unpaired) electrons. The standard InChI is InChI=1S/C15H19NO2S2/c1-2-19-13-7-3-6-12(13)16-15(18)14-11(5-4-9-17)8-10-20-14/h8,10,12-13,17H,2-3,6-7,9H2,1H3,(H,16,18). The van der Waals surface area contributed by atoms with Gasteiger partial charge in [-0.15, -0.1) is 11.3 Å². The van der Waals surface area contributed by atoms with Crippen LogP contribution in [0.2, 0.25) is 0 Å². The maximum atomic E-state index is 12.4. The minimum atomic E-state index is -0.186. The topological polar surface area (TPSA) is 49.3 Å². The van der Waals surface area contributed by atoms with Crippen molar-refractivity contribution in [1.29, 1.82) is 0 Å². The highest BCUT2D eigenvalue weighted by atomic mass is 32.2. The molecule has 108 valence electrons. The number of carbonyl (C=O) groups is 1. The second-order valence-electron chi connectivity index (χ2n) is 4.63. The molecule has 1 aliphatic rings. The number of thioether (sulfide) groups is 1. The Labute approximate surface area is 128 Å². The van der Waals surface area contributed by atoms with Gasteiger partial charge in [-0.25, -0.2) is 0 Å². The van der Waals surface area contributed by atoms with Gasteiger partial charge in [0, 0.05) is 16.9 Å². The molecular weight excluding hydrogens is 290 g/mol. The van der Waals surface area contributed by atoms with Crippen LogP contribution in [0.4, 0.5) is 0 Å². The Morgan fingerprint density at radius 1 is 1.60 bits per heavy atom. The first-order chi connectivity index (χ1) is 9.76. The van der Waals surface area contributed by atoms with E-state index in [1.165, 1.54) is 24.2 Å². The van der Waals surface area contributed by atoms with Gasteiger partial charge in [0.2, 0.25) is 0 Å². The molecule has 2 atom stereocenters. The van der Waals surface area contributed by atoms with Gasteiger partial charge >= 0.3 is 0 Å². The molecule has 2 rings (SSSR count). The molecule has 2 N–H and O–H groups in total. The Bertz CT molecular complexity index is 515. The quantitative estimate of drug-likeness (QED) is 0.840. The van der Waals surface area contributed by atoms with Crippen LogP contribution in [-0.4, -0.2) is 34.7 Å². The molecule has 2 unspecified atom stereocenters. The van der Waals surface area contributed by atoms with E-state index < -0.39 is 0 Å². The van der Waals surface area contributed by atoms with E-state index in [4.69, 9.17) is 5.11 Å². The average Bonchev–Trinajstić information content (AvgIpc) is 3.06. The van der Waals surface area contributed by atoms with Crippen molar-refractivity contribution < 1.29 is 9.90 Å². The Hall–Kier alpha value is -0.960. The molecule has 5 heteroatoms. The van der Waals surface area contributed by atoms with Gasteiger partial charge in [0.1, 0.15) is 11.5 Å². The molecule has 0 aliphatic heterocycles. The van der Waals surface area contributed by atoms with Crippen molar-refractivity contribution in [1.82, 2.24) is 5.32 Å². The van der Waals surface area contributed by atoms with Gasteiger partial charge in [-0.2, -0.15) is 11.8 Å². The SMILES string of the molecule is CCSC1CCCC1NC(=O)c1sccc1C#CCO. The zero-order valence-corrected chi connectivity index (χ0v) is 13.1. The molecule has 20 heavy (non-hydrogen) atoms. The average molecular weight is 309 g/mol. The fraction of sp³-hybridized carbons (Fsp3) is 0.533. The third-order valence-corrected chi connectivity index (χ3v) is 5.56. The highest BCUT2D eigenvalue weighted by Gasteiger charge is 2.29. The van der Waals surface area contributed by atoms with Crippen LogP contribution in [0.25, 0.3) is 0 Å². The molecule has 3 nitrogen and oxygen atoms in total. The molecule has 0 spiro atoms. The second kappa shape index (κ2) is 7.72. The van der Waals surface area contributed by atoms with Gasteiger partial charge < -0.3 is 10.4 Å². The maximum Gasteiger partial charge on any atom is 0.262 e. The molecular formula is C15H19NO2S2. The second-order valence-corrected chi connectivity index (χ2v) is 7.06. The summed E-state index contributed by atoms with van der Waals surface area (Å²) in [4.78, 5) is 13.0. The first-order valence-electron chi connectivity index (χ1n) is 6.86. The third kappa shape index (κ3) is 3.78. The van der Waals surface area contributed by atoms with E-state index in [1.807, 2.05) is 23.2 Å². The summed E-state index contributed by atoms with van der Waals surface area (Å²) in [6.07, 6.45) is 3.43. The lowest BCUT2D eigenvalue weighted by Gasteiger charge is -2.19. The predicted molar refractivity (Wildman–Crippen MR) is 85.3 cm³/mol. The molecule has 0 aromatic carbocycles. The fourth-order valence-electron chi connectivity index (χ4n) is 2.46. The summed E-state index contributed by atoms with van der Waals surface area (Å²) in [6, 6.07) is 2.10. The third-order valence-electron chi connectivity index (χ3n) is 3.32. The van der Waals surface area contributed by atoms with Gasteiger partial charge in [-0.1, -0.05) is 25.2 Å². The number of amides is 1. The molecule has 1 aliphatic carbocycles. The molecule has 1 fully saturated rings. The van der Waals surface area contributed by atoms with Crippen LogP contribution in [0.1, 0.15) is 41.4 Å². The Balaban J connectivity index is 2.03. The minimum absolute atomic E-state index is 0.0316. The van der Waals surface area contributed by atoms with Crippen LogP contribution in [0.5, 0.6) is 0 Å². The zero-order valence-electron chi connectivity index (χ0n) is 11.5. The Morgan fingerprint density at radius 3 is 3.20 bits per heavy atom. The Kier molecular flexibility index (Phi) is 5.96. The van der Waals surface area contributed by atoms with Crippen LogP contribution >= 0.6 is 23.1 Å². The number of aliphatic hydroxyl groups is 1. The first kappa shape index (κ1) is 15.4. The zero-order chi connectivity index (χ0) is 14.4. The van der Waals surface area contributed by atoms with Crippen molar-refractivity contribution in [2.75, 3.05) is 12.4 Å². The largest absolute Gasteiger partial charge is 0.384 e. The molecule has 0 bridgehead atoms. The van der Waals surface area contributed by atoms with Crippen LogP contribution in [0.15, 0.2) is 11.4 Å². The number of nitrogens with one attached hydrogen (secondary N) is 1. The summed E-state index contributed by atoms with van der Waals surface area (Å²) in [5.41, 5.74) is 0.708. The van der Waals surface area contributed by atoms with Crippen LogP contribution in [0, 0.1) is 11.8 Å². The summed E-state index contributed by atoms with van der Waals surface area (Å²) in [6.45, 7) is 1.97. The number of hydrogen-bond donors (Lipinski definition) is 2. The van der Waals surface area contributed by atoms with Crippen molar-refractivity contribution in [2.45, 2.75) is 37.5 Å². The lowest BCUT2D eigenvalue weighted by molar-refractivity contribution is 0.0942. The number of rotatable bonds is 4. The minimum Gasteiger partial charge on any atom is -0.384 e. The van der Waals surface area contributed by atoms with Crippen molar-refractivity contribution in [3.05, 3.63) is 21.9 Å². The van der Waals surface area contributed by atoms with Crippen LogP contribution in [0.3, 0.4) is 0 Å². The van der Waals surface area contributed by atoms with E-state index >= 15 is 0 Å². The van der Waals surface area contributed by atoms with Crippen molar-refractivity contribution >= 4 is 29.0 Å². The van der Waals surface area contributed by atoms with E-state index in [1.54, 1.807) is 0 Å². The van der Waals surface area contributed by atoms with Crippen LogP contribution in [-0.2, 0) is 0 Å². The van der Waals surface area contributed by atoms with Gasteiger partial charge in [-0.3, -0.25) is 4.79 Å². The molecule has 1 saturated carbocycles. The molecule has 1 aromatic rings. The monoisotopic (exact) mass is 309 g/mol. The summed E-state index contributed by atoms with van der Waals surface area (Å²) in [5, 5.41) is 14.3. The first-order valence-corrected chi connectivity index (χ1v) is 8.78. The van der Waals surface area contributed by atoms with Crippen LogP contribution < -0.4 is 5.32 Å². The van der Waals surface area contributed by atoms with E-state index in [-0.39, 0.29) is 18.6 Å². The lowest BCUT2D eigenvalue weighted by Crippen LogP contribution is -2.38. The summed E-state index contributed by atoms with van der Waals surface area (Å²) < 4.78 is 0. The molecule has 1 heterocycles. The summed E-state index contributed by atoms with van der Waals surface area (Å²) in [5.74, 6) is 6.48. The lowest BCUT2D eigenvalue weighted by atomic mass is 10.2. The number of aliphatic hydroxyl groups excluding tert-OH is 1. The normalized spacial score (nSPS) is 21.3. The number of hydrogen-bond acceptors (Lipinski definition) is 4. The summed E-state index contributed by atoms with van der Waals surface area (Å²) >= 11 is 3.34. The van der Waals surface area contributed by atoms with Gasteiger partial charge in [0.15, 0.2) is 0 Å². The smallest absolute Gasteiger partial charge is 0.262 e. The van der Waals surface area contributed by atoms with E-state index in [9.17, 15) is 4.79 Å². The van der Waals surface area contributed by atoms with Crippen molar-refractivity contribution in [3.8, 4) is 11.8 Å². The summed E-state index contributed by atoms with van der Waals surface area (Å²) in [7, 11) is 0. The Morgan fingerprint density at radius 2 is 2.45 bits per heavy atom.